The van der Waals surface area contributed by atoms with E-state index in [1.54, 1.807) is 0 Å². The van der Waals surface area contributed by atoms with Gasteiger partial charge in [-0.3, -0.25) is 15.1 Å². The number of hydroxylamine groups is 1. The normalized spacial score (nSPS) is 44.9. The van der Waals surface area contributed by atoms with Crippen LogP contribution in [0.4, 0.5) is 0 Å². The van der Waals surface area contributed by atoms with E-state index < -0.39 is 0 Å². The number of carbonyl (C=O) groups excluding carboxylic acids is 2. The highest BCUT2D eigenvalue weighted by Gasteiger charge is 2.62. The second kappa shape index (κ2) is 7.56. The van der Waals surface area contributed by atoms with Gasteiger partial charge in [0.05, 0.1) is 6.61 Å². The molecule has 4 aliphatic carbocycles. The molecule has 5 heteroatoms. The second-order valence-electron chi connectivity index (χ2n) is 10.1. The molecule has 0 bridgehead atoms. The van der Waals surface area contributed by atoms with Gasteiger partial charge >= 0.3 is 0 Å². The Bertz CT molecular complexity index is 662. The average Bonchev–Trinajstić information content (AvgIpc) is 2.99. The number of nitrogens with one attached hydrogen (secondary N) is 2. The molecule has 3 saturated carbocycles. The Kier molecular flexibility index (Phi) is 5.43. The first-order valence-corrected chi connectivity index (χ1v) is 11.2. The molecule has 5 nitrogen and oxygen atoms in total. The first-order chi connectivity index (χ1) is 13.4. The van der Waals surface area contributed by atoms with E-state index in [9.17, 15) is 9.59 Å². The molecule has 0 aliphatic heterocycles. The Morgan fingerprint density at radius 3 is 2.79 bits per heavy atom. The van der Waals surface area contributed by atoms with Crippen LogP contribution in [0.1, 0.15) is 58.8 Å². The van der Waals surface area contributed by atoms with Crippen molar-refractivity contribution in [1.82, 2.24) is 10.8 Å². The topological polar surface area (TPSA) is 67.4 Å². The van der Waals surface area contributed by atoms with E-state index in [1.807, 2.05) is 7.05 Å². The van der Waals surface area contributed by atoms with Crippen LogP contribution in [-0.2, 0) is 14.4 Å². The van der Waals surface area contributed by atoms with E-state index in [1.165, 1.54) is 12.0 Å². The van der Waals surface area contributed by atoms with Crippen molar-refractivity contribution in [3.63, 3.8) is 0 Å². The molecule has 0 saturated heterocycles. The number of allylic oxidation sites excluding steroid dienone is 2. The Labute approximate surface area is 169 Å². The maximum Gasteiger partial charge on any atom is 0.139 e. The van der Waals surface area contributed by atoms with Gasteiger partial charge in [-0.25, -0.2) is 0 Å². The predicted molar refractivity (Wildman–Crippen MR) is 108 cm³/mol. The zero-order chi connectivity index (χ0) is 19.9. The predicted octanol–water partition coefficient (Wildman–Crippen LogP) is 3.26. The number of Topliss-reactive ketones (excluding diaryl/α,β-unsaturated/α-hetero) is 1. The highest BCUT2D eigenvalue weighted by atomic mass is 16.6. The van der Waals surface area contributed by atoms with Gasteiger partial charge in [0.15, 0.2) is 0 Å². The second-order valence-corrected chi connectivity index (χ2v) is 10.1. The fraction of sp³-hybridized carbons (Fsp3) is 0.826. The number of aldehydes is 1. The maximum absolute atomic E-state index is 12.6. The summed E-state index contributed by atoms with van der Waals surface area (Å²) in [6.45, 7) is 6.08. The van der Waals surface area contributed by atoms with Crippen molar-refractivity contribution in [3.05, 3.63) is 11.8 Å². The molecule has 0 aromatic carbocycles. The molecule has 0 aromatic rings. The number of likely N-dealkylation sites (N-methyl/N-ethyl adjacent to an activating group) is 1. The first kappa shape index (κ1) is 20.1. The van der Waals surface area contributed by atoms with Crippen LogP contribution in [0.15, 0.2) is 11.8 Å². The monoisotopic (exact) mass is 388 g/mol. The van der Waals surface area contributed by atoms with Crippen molar-refractivity contribution in [2.45, 2.75) is 58.8 Å². The van der Waals surface area contributed by atoms with Gasteiger partial charge in [-0.2, -0.15) is 0 Å². The van der Waals surface area contributed by atoms with Gasteiger partial charge in [-0.1, -0.05) is 19.9 Å². The van der Waals surface area contributed by atoms with Gasteiger partial charge in [-0.15, -0.1) is 0 Å². The van der Waals surface area contributed by atoms with Crippen LogP contribution < -0.4 is 10.8 Å². The maximum atomic E-state index is 12.6. The van der Waals surface area contributed by atoms with Crippen LogP contribution in [0.2, 0.25) is 0 Å². The first-order valence-electron chi connectivity index (χ1n) is 11.2. The standard InChI is InChI=1S/C23H36N2O3/c1-22-8-6-17(25-28-11-10-24-3)13-16(22)12-15(14-26)21-18-4-5-20(27)23(18,2)9-7-19(21)22/h13-16,18-19,21,24-25H,4-12H2,1-3H3/t15?,16?,18-,19-,21-,22-,23-/m0/s1. The molecule has 28 heavy (non-hydrogen) atoms. The summed E-state index contributed by atoms with van der Waals surface area (Å²) in [5.41, 5.74) is 4.37. The van der Waals surface area contributed by atoms with E-state index in [4.69, 9.17) is 4.84 Å². The van der Waals surface area contributed by atoms with Crippen molar-refractivity contribution >= 4 is 12.1 Å². The Balaban J connectivity index is 1.56. The summed E-state index contributed by atoms with van der Waals surface area (Å²) in [4.78, 5) is 30.3. The van der Waals surface area contributed by atoms with Gasteiger partial charge in [0.25, 0.3) is 0 Å². The van der Waals surface area contributed by atoms with Gasteiger partial charge in [0.2, 0.25) is 0 Å². The molecule has 2 unspecified atom stereocenters. The molecule has 4 rings (SSSR count). The summed E-state index contributed by atoms with van der Waals surface area (Å²) < 4.78 is 0. The smallest absolute Gasteiger partial charge is 0.139 e. The lowest BCUT2D eigenvalue weighted by molar-refractivity contribution is -0.146. The molecule has 0 amide bonds. The fourth-order valence-electron chi connectivity index (χ4n) is 7.22. The van der Waals surface area contributed by atoms with E-state index in [2.05, 4.69) is 30.7 Å². The molecule has 0 aromatic heterocycles. The Hall–Kier alpha value is -1.20. The zero-order valence-corrected chi connectivity index (χ0v) is 17.6. The Morgan fingerprint density at radius 1 is 1.21 bits per heavy atom. The Morgan fingerprint density at radius 2 is 2.04 bits per heavy atom. The van der Waals surface area contributed by atoms with E-state index in [0.29, 0.717) is 42.5 Å². The molecule has 7 atom stereocenters. The minimum atomic E-state index is -0.177. The molecule has 4 aliphatic rings. The number of hydrogen-bond donors (Lipinski definition) is 2. The third-order valence-electron chi connectivity index (χ3n) is 8.92. The lowest BCUT2D eigenvalue weighted by atomic mass is 9.44. The SMILES string of the molecule is CNCCONC1=CC2CC(C=O)[C@@H]3[C@H](CC[C@]4(C)C(=O)CC[C@@H]34)[C@@]2(C)CC1. The molecule has 2 N–H and O–H groups in total. The average molecular weight is 389 g/mol. The van der Waals surface area contributed by atoms with Crippen LogP contribution in [0, 0.1) is 40.4 Å². The minimum absolute atomic E-state index is 0.0828. The largest absolute Gasteiger partial charge is 0.317 e. The van der Waals surface area contributed by atoms with Crippen LogP contribution >= 0.6 is 0 Å². The molecule has 3 fully saturated rings. The van der Waals surface area contributed by atoms with Crippen molar-refractivity contribution in [2.75, 3.05) is 20.2 Å². The van der Waals surface area contributed by atoms with Gasteiger partial charge in [-0.05, 0) is 74.7 Å². The fourth-order valence-corrected chi connectivity index (χ4v) is 7.22. The zero-order valence-electron chi connectivity index (χ0n) is 17.6. The molecule has 0 heterocycles. The van der Waals surface area contributed by atoms with Crippen LogP contribution in [0.3, 0.4) is 0 Å². The van der Waals surface area contributed by atoms with Gasteiger partial charge in [0.1, 0.15) is 12.1 Å². The van der Waals surface area contributed by atoms with E-state index in [-0.39, 0.29) is 16.7 Å². The minimum Gasteiger partial charge on any atom is -0.317 e. The summed E-state index contributed by atoms with van der Waals surface area (Å²) >= 11 is 0. The van der Waals surface area contributed by atoms with Crippen molar-refractivity contribution in [2.24, 2.45) is 40.4 Å². The molecule has 156 valence electrons. The van der Waals surface area contributed by atoms with E-state index >= 15 is 0 Å². The summed E-state index contributed by atoms with van der Waals surface area (Å²) in [6.07, 6.45) is 10.4. The third-order valence-corrected chi connectivity index (χ3v) is 8.92. The molecule has 0 radical (unpaired) electrons. The van der Waals surface area contributed by atoms with Gasteiger partial charge in [0, 0.05) is 30.0 Å². The summed E-state index contributed by atoms with van der Waals surface area (Å²) in [7, 11) is 1.92. The summed E-state index contributed by atoms with van der Waals surface area (Å²) in [6, 6.07) is 0. The third kappa shape index (κ3) is 3.06. The number of fused-ring (bicyclic) bond motifs is 5. The molecular formula is C23H36N2O3. The lowest BCUT2D eigenvalue weighted by Crippen LogP contribution is -2.56. The lowest BCUT2D eigenvalue weighted by Gasteiger charge is -2.60. The number of ketones is 1. The summed E-state index contributed by atoms with van der Waals surface area (Å²) in [5, 5.41) is 3.08. The van der Waals surface area contributed by atoms with Crippen LogP contribution in [0.25, 0.3) is 0 Å². The van der Waals surface area contributed by atoms with Crippen LogP contribution in [0.5, 0.6) is 0 Å². The highest BCUT2D eigenvalue weighted by molar-refractivity contribution is 5.87. The number of rotatable bonds is 6. The van der Waals surface area contributed by atoms with Crippen molar-refractivity contribution < 1.29 is 14.4 Å². The van der Waals surface area contributed by atoms with Crippen LogP contribution in [-0.4, -0.2) is 32.3 Å². The van der Waals surface area contributed by atoms with Crippen molar-refractivity contribution in [3.8, 4) is 0 Å². The molecular weight excluding hydrogens is 352 g/mol. The quantitative estimate of drug-likeness (QED) is 0.415. The van der Waals surface area contributed by atoms with E-state index in [0.717, 1.165) is 45.1 Å². The summed E-state index contributed by atoms with van der Waals surface area (Å²) in [5.74, 6) is 2.28. The number of hydrogen-bond acceptors (Lipinski definition) is 5. The van der Waals surface area contributed by atoms with Gasteiger partial charge < -0.3 is 10.1 Å². The number of carbonyl (C=O) groups is 2. The molecule has 0 spiro atoms. The highest BCUT2D eigenvalue weighted by Crippen LogP contribution is 2.66. The van der Waals surface area contributed by atoms with Crippen molar-refractivity contribution in [1.29, 1.82) is 0 Å².